The monoisotopic (exact) mass is 435 g/mol. The molecule has 1 unspecified atom stereocenters. The van der Waals surface area contributed by atoms with Crippen LogP contribution in [0.25, 0.3) is 0 Å². The van der Waals surface area contributed by atoms with Gasteiger partial charge in [-0.15, -0.1) is 0 Å². The quantitative estimate of drug-likeness (QED) is 0.707. The van der Waals surface area contributed by atoms with Crippen molar-refractivity contribution in [2.75, 3.05) is 11.4 Å². The molecular weight excluding hydrogens is 418 g/mol. The van der Waals surface area contributed by atoms with E-state index in [4.69, 9.17) is 12.2 Å². The van der Waals surface area contributed by atoms with Gasteiger partial charge in [-0.25, -0.2) is 0 Å². The molecule has 1 atom stereocenters. The molecule has 1 aromatic heterocycles. The van der Waals surface area contributed by atoms with E-state index >= 15 is 0 Å². The standard InChI is InChI=1S/C17H18BrN5O2S/c18-12-3-1-2-4-13(12)22-9-10(7-15(22)24)16(25)19-8-14-20-21-17(26)23(14)11-5-6-11/h1-4,10-11H,5-9H2,(H,19,25)(H,21,26). The van der Waals surface area contributed by atoms with Crippen molar-refractivity contribution < 1.29 is 9.59 Å². The molecule has 1 saturated heterocycles. The van der Waals surface area contributed by atoms with Crippen LogP contribution in [0.5, 0.6) is 0 Å². The van der Waals surface area contributed by atoms with Crippen LogP contribution in [0.4, 0.5) is 5.69 Å². The van der Waals surface area contributed by atoms with Gasteiger partial charge in [0.25, 0.3) is 0 Å². The number of aromatic amines is 1. The minimum absolute atomic E-state index is 0.0438. The van der Waals surface area contributed by atoms with Gasteiger partial charge in [0.15, 0.2) is 10.6 Å². The van der Waals surface area contributed by atoms with E-state index in [-0.39, 0.29) is 24.2 Å². The number of hydrogen-bond acceptors (Lipinski definition) is 4. The zero-order valence-electron chi connectivity index (χ0n) is 13.9. The molecule has 0 spiro atoms. The van der Waals surface area contributed by atoms with Gasteiger partial charge in [-0.05, 0) is 53.1 Å². The number of aromatic nitrogens is 3. The summed E-state index contributed by atoms with van der Waals surface area (Å²) in [5.74, 6) is 0.186. The van der Waals surface area contributed by atoms with Gasteiger partial charge in [0.2, 0.25) is 11.8 Å². The maximum absolute atomic E-state index is 12.6. The summed E-state index contributed by atoms with van der Waals surface area (Å²) in [5, 5.41) is 9.91. The summed E-state index contributed by atoms with van der Waals surface area (Å²) in [7, 11) is 0. The Bertz CT molecular complexity index is 920. The Balaban J connectivity index is 1.41. The van der Waals surface area contributed by atoms with Gasteiger partial charge in [-0.3, -0.25) is 19.3 Å². The van der Waals surface area contributed by atoms with Crippen molar-refractivity contribution in [2.24, 2.45) is 5.92 Å². The Morgan fingerprint density at radius 3 is 2.88 bits per heavy atom. The lowest BCUT2D eigenvalue weighted by Gasteiger charge is -2.18. The van der Waals surface area contributed by atoms with E-state index in [1.54, 1.807) is 4.90 Å². The Labute approximate surface area is 163 Å². The van der Waals surface area contributed by atoms with E-state index < -0.39 is 0 Å². The Kier molecular flexibility index (Phi) is 4.66. The van der Waals surface area contributed by atoms with Crippen molar-refractivity contribution in [2.45, 2.75) is 31.8 Å². The second-order valence-corrected chi connectivity index (χ2v) is 7.86. The summed E-state index contributed by atoms with van der Waals surface area (Å²) >= 11 is 8.71. The molecule has 1 aliphatic heterocycles. The number of nitrogens with zero attached hydrogens (tertiary/aromatic N) is 3. The van der Waals surface area contributed by atoms with Gasteiger partial charge in [0, 0.05) is 23.5 Å². The van der Waals surface area contributed by atoms with Crippen LogP contribution in [0.3, 0.4) is 0 Å². The number of rotatable bonds is 5. The Hall–Kier alpha value is -2.00. The van der Waals surface area contributed by atoms with Crippen molar-refractivity contribution in [3.63, 3.8) is 0 Å². The molecular formula is C17H18BrN5O2S. The molecule has 1 saturated carbocycles. The molecule has 2 aliphatic rings. The highest BCUT2D eigenvalue weighted by molar-refractivity contribution is 9.10. The maximum atomic E-state index is 12.6. The lowest BCUT2D eigenvalue weighted by molar-refractivity contribution is -0.126. The summed E-state index contributed by atoms with van der Waals surface area (Å²) in [5.41, 5.74) is 0.794. The van der Waals surface area contributed by atoms with Gasteiger partial charge >= 0.3 is 0 Å². The molecule has 2 amide bonds. The predicted molar refractivity (Wildman–Crippen MR) is 102 cm³/mol. The number of amides is 2. The number of carbonyl (C=O) groups is 2. The maximum Gasteiger partial charge on any atom is 0.227 e. The van der Waals surface area contributed by atoms with Crippen LogP contribution in [-0.2, 0) is 16.1 Å². The first-order chi connectivity index (χ1) is 12.5. The molecule has 0 radical (unpaired) electrons. The van der Waals surface area contributed by atoms with Crippen LogP contribution in [-0.4, -0.2) is 33.1 Å². The van der Waals surface area contributed by atoms with Crippen LogP contribution < -0.4 is 10.2 Å². The van der Waals surface area contributed by atoms with Crippen LogP contribution in [0, 0.1) is 10.7 Å². The third kappa shape index (κ3) is 3.33. The minimum atomic E-state index is -0.370. The number of H-pyrrole nitrogens is 1. The van der Waals surface area contributed by atoms with Crippen molar-refractivity contribution in [3.05, 3.63) is 39.3 Å². The number of nitrogens with one attached hydrogen (secondary N) is 2. The summed E-state index contributed by atoms with van der Waals surface area (Å²) in [6.45, 7) is 0.685. The average molecular weight is 436 g/mol. The van der Waals surface area contributed by atoms with Gasteiger partial charge in [0.05, 0.1) is 18.2 Å². The molecule has 2 fully saturated rings. The van der Waals surface area contributed by atoms with Gasteiger partial charge in [-0.1, -0.05) is 12.1 Å². The van der Waals surface area contributed by atoms with E-state index in [2.05, 4.69) is 31.4 Å². The second kappa shape index (κ2) is 6.96. The molecule has 2 heterocycles. The topological polar surface area (TPSA) is 83.0 Å². The number of carbonyl (C=O) groups excluding carboxylic acids is 2. The Morgan fingerprint density at radius 2 is 2.15 bits per heavy atom. The highest BCUT2D eigenvalue weighted by Gasteiger charge is 2.36. The first-order valence-electron chi connectivity index (χ1n) is 8.53. The molecule has 2 aromatic rings. The summed E-state index contributed by atoms with van der Waals surface area (Å²) in [4.78, 5) is 26.6. The summed E-state index contributed by atoms with van der Waals surface area (Å²) < 4.78 is 3.41. The third-order valence-electron chi connectivity index (χ3n) is 4.75. The Morgan fingerprint density at radius 1 is 1.38 bits per heavy atom. The molecule has 0 bridgehead atoms. The van der Waals surface area contributed by atoms with Crippen LogP contribution in [0.1, 0.15) is 31.1 Å². The molecule has 1 aromatic carbocycles. The molecule has 26 heavy (non-hydrogen) atoms. The fraction of sp³-hybridized carbons (Fsp3) is 0.412. The fourth-order valence-electron chi connectivity index (χ4n) is 3.27. The van der Waals surface area contributed by atoms with Gasteiger partial charge in [-0.2, -0.15) is 5.10 Å². The van der Waals surface area contributed by atoms with Crippen LogP contribution in [0.2, 0.25) is 0 Å². The molecule has 1 aliphatic carbocycles. The molecule has 9 heteroatoms. The van der Waals surface area contributed by atoms with Crippen LogP contribution >= 0.6 is 28.1 Å². The number of halogens is 1. The lowest BCUT2D eigenvalue weighted by Crippen LogP contribution is -2.33. The second-order valence-electron chi connectivity index (χ2n) is 6.62. The van der Waals surface area contributed by atoms with Crippen molar-refractivity contribution in [1.82, 2.24) is 20.1 Å². The zero-order chi connectivity index (χ0) is 18.3. The zero-order valence-corrected chi connectivity index (χ0v) is 16.3. The SMILES string of the molecule is O=C(NCc1n[nH]c(=S)n1C1CC1)C1CC(=O)N(c2ccccc2Br)C1. The first-order valence-corrected chi connectivity index (χ1v) is 9.73. The summed E-state index contributed by atoms with van der Waals surface area (Å²) in [6.07, 6.45) is 2.39. The van der Waals surface area contributed by atoms with E-state index in [1.165, 1.54) is 0 Å². The predicted octanol–water partition coefficient (Wildman–Crippen LogP) is 2.71. The average Bonchev–Trinajstić information content (AvgIpc) is 3.29. The number of anilines is 1. The number of hydrogen-bond donors (Lipinski definition) is 2. The first kappa shape index (κ1) is 17.4. The van der Waals surface area contributed by atoms with E-state index in [0.717, 1.165) is 28.8 Å². The largest absolute Gasteiger partial charge is 0.348 e. The fourth-order valence-corrected chi connectivity index (χ4v) is 4.07. The highest BCUT2D eigenvalue weighted by Crippen LogP contribution is 2.36. The van der Waals surface area contributed by atoms with E-state index in [1.807, 2.05) is 28.8 Å². The highest BCUT2D eigenvalue weighted by atomic mass is 79.9. The van der Waals surface area contributed by atoms with Crippen LogP contribution in [0.15, 0.2) is 28.7 Å². The molecule has 4 rings (SSSR count). The van der Waals surface area contributed by atoms with Gasteiger partial charge in [0.1, 0.15) is 0 Å². The smallest absolute Gasteiger partial charge is 0.227 e. The normalized spacial score (nSPS) is 19.8. The van der Waals surface area contributed by atoms with E-state index in [0.29, 0.717) is 23.9 Å². The number of para-hydroxylation sites is 1. The van der Waals surface area contributed by atoms with E-state index in [9.17, 15) is 9.59 Å². The third-order valence-corrected chi connectivity index (χ3v) is 5.71. The van der Waals surface area contributed by atoms with Crippen molar-refractivity contribution in [1.29, 1.82) is 0 Å². The summed E-state index contributed by atoms with van der Waals surface area (Å²) in [6, 6.07) is 7.92. The lowest BCUT2D eigenvalue weighted by atomic mass is 10.1. The van der Waals surface area contributed by atoms with Gasteiger partial charge < -0.3 is 10.2 Å². The molecule has 7 nitrogen and oxygen atoms in total. The molecule has 2 N–H and O–H groups in total. The van der Waals surface area contributed by atoms with Crippen molar-refractivity contribution in [3.8, 4) is 0 Å². The number of benzene rings is 1. The molecule has 136 valence electrons. The minimum Gasteiger partial charge on any atom is -0.348 e. The van der Waals surface area contributed by atoms with Crippen molar-refractivity contribution >= 4 is 45.6 Å².